The summed E-state index contributed by atoms with van der Waals surface area (Å²) in [6, 6.07) is 0. The summed E-state index contributed by atoms with van der Waals surface area (Å²) in [5.74, 6) is 1.90. The van der Waals surface area contributed by atoms with E-state index in [2.05, 4.69) is 33.4 Å². The summed E-state index contributed by atoms with van der Waals surface area (Å²) in [6.07, 6.45) is 42.7. The van der Waals surface area contributed by atoms with Crippen LogP contribution in [-0.4, -0.2) is 0 Å². The third-order valence-corrected chi connectivity index (χ3v) is 8.30. The highest BCUT2D eigenvalue weighted by Gasteiger charge is 2.06. The summed E-state index contributed by atoms with van der Waals surface area (Å²) in [6.45, 7) is 11.1. The molecule has 0 heterocycles. The van der Waals surface area contributed by atoms with Crippen molar-refractivity contribution in [2.75, 3.05) is 0 Å². The second kappa shape index (κ2) is 30.0. The Kier molecular flexibility index (Phi) is 29.7. The lowest BCUT2D eigenvalue weighted by atomic mass is 9.92. The molecule has 0 aromatic heterocycles. The Morgan fingerprint density at radius 3 is 1.03 bits per heavy atom. The summed E-state index contributed by atoms with van der Waals surface area (Å²) in [5.41, 5.74) is 0. The third-order valence-electron chi connectivity index (χ3n) is 8.30. The Morgan fingerprint density at radius 1 is 0.400 bits per heavy atom. The molecule has 0 spiro atoms. The van der Waals surface area contributed by atoms with Gasteiger partial charge in [-0.1, -0.05) is 194 Å². The van der Waals surface area contributed by atoms with Gasteiger partial charge in [0.1, 0.15) is 0 Å². The van der Waals surface area contributed by atoms with Crippen molar-refractivity contribution in [3.63, 3.8) is 0 Å². The molecular formula is C35H70. The number of unbranched alkanes of at least 4 members (excludes halogenated alkanes) is 21. The average molecular weight is 491 g/mol. The average Bonchev–Trinajstić information content (AvgIpc) is 2.85. The van der Waals surface area contributed by atoms with E-state index in [1.54, 1.807) is 0 Å². The van der Waals surface area contributed by atoms with E-state index in [-0.39, 0.29) is 0 Å². The quantitative estimate of drug-likeness (QED) is 0.0693. The highest BCUT2D eigenvalue weighted by Crippen LogP contribution is 2.22. The van der Waals surface area contributed by atoms with Gasteiger partial charge in [0.25, 0.3) is 0 Å². The van der Waals surface area contributed by atoms with E-state index in [4.69, 9.17) is 0 Å². The first-order chi connectivity index (χ1) is 17.2. The Balaban J connectivity index is 3.27. The molecule has 0 saturated carbocycles. The predicted octanol–water partition coefficient (Wildman–Crippen LogP) is 13.4. The molecule has 0 unspecified atom stereocenters. The lowest BCUT2D eigenvalue weighted by Gasteiger charge is -2.14. The standard InChI is InChI=1S/C35H70/c1-5-7-9-11-13-15-17-18-19-20-22-24-26-28-31-35(4)33-29-32-34(3)30-27-25-23-21-16-14-12-10-8-6-2/h6,34-35H,2,5,7-33H2,1,3-4H3/t34-,35-/m0/s1. The van der Waals surface area contributed by atoms with Gasteiger partial charge in [0.2, 0.25) is 0 Å². The number of allylic oxidation sites excluding steroid dienone is 1. The van der Waals surface area contributed by atoms with Gasteiger partial charge >= 0.3 is 0 Å². The minimum Gasteiger partial charge on any atom is -0.103 e. The fourth-order valence-corrected chi connectivity index (χ4v) is 5.63. The van der Waals surface area contributed by atoms with Gasteiger partial charge in [-0.3, -0.25) is 0 Å². The van der Waals surface area contributed by atoms with Crippen LogP contribution < -0.4 is 0 Å². The number of rotatable bonds is 30. The van der Waals surface area contributed by atoms with Crippen LogP contribution in [-0.2, 0) is 0 Å². The zero-order valence-electron chi connectivity index (χ0n) is 25.2. The highest BCUT2D eigenvalue weighted by molar-refractivity contribution is 4.65. The smallest absolute Gasteiger partial charge is 0.0353 e. The first-order valence-corrected chi connectivity index (χ1v) is 16.8. The predicted molar refractivity (Wildman–Crippen MR) is 163 cm³/mol. The molecule has 0 bridgehead atoms. The molecule has 210 valence electrons. The van der Waals surface area contributed by atoms with Gasteiger partial charge in [0.05, 0.1) is 0 Å². The van der Waals surface area contributed by atoms with Crippen LogP contribution in [0.25, 0.3) is 0 Å². The van der Waals surface area contributed by atoms with Crippen LogP contribution in [0.15, 0.2) is 12.7 Å². The maximum Gasteiger partial charge on any atom is -0.0353 e. The third kappa shape index (κ3) is 29.9. The van der Waals surface area contributed by atoms with Gasteiger partial charge in [-0.2, -0.15) is 0 Å². The van der Waals surface area contributed by atoms with Crippen LogP contribution in [0, 0.1) is 11.8 Å². The molecule has 0 aromatic rings. The molecule has 0 rings (SSSR count). The summed E-state index contributed by atoms with van der Waals surface area (Å²) in [7, 11) is 0. The Hall–Kier alpha value is -0.260. The van der Waals surface area contributed by atoms with Crippen LogP contribution in [0.2, 0.25) is 0 Å². The molecule has 35 heavy (non-hydrogen) atoms. The Morgan fingerprint density at radius 2 is 0.686 bits per heavy atom. The van der Waals surface area contributed by atoms with Crippen LogP contribution in [0.4, 0.5) is 0 Å². The van der Waals surface area contributed by atoms with Crippen molar-refractivity contribution in [3.05, 3.63) is 12.7 Å². The molecule has 2 atom stereocenters. The van der Waals surface area contributed by atoms with Crippen molar-refractivity contribution < 1.29 is 0 Å². The van der Waals surface area contributed by atoms with Gasteiger partial charge in [-0.15, -0.1) is 6.58 Å². The van der Waals surface area contributed by atoms with E-state index in [0.717, 1.165) is 11.8 Å². The zero-order chi connectivity index (χ0) is 25.7. The zero-order valence-corrected chi connectivity index (χ0v) is 25.2. The number of hydrogen-bond donors (Lipinski definition) is 0. The molecule has 0 aliphatic rings. The van der Waals surface area contributed by atoms with E-state index in [9.17, 15) is 0 Å². The van der Waals surface area contributed by atoms with Gasteiger partial charge in [0, 0.05) is 0 Å². The van der Waals surface area contributed by atoms with E-state index < -0.39 is 0 Å². The highest BCUT2D eigenvalue weighted by atomic mass is 14.1. The van der Waals surface area contributed by atoms with Crippen LogP contribution in [0.5, 0.6) is 0 Å². The van der Waals surface area contributed by atoms with Crippen molar-refractivity contribution in [1.82, 2.24) is 0 Å². The molecule has 0 aromatic carbocycles. The normalized spacial score (nSPS) is 13.2. The van der Waals surface area contributed by atoms with E-state index >= 15 is 0 Å². The van der Waals surface area contributed by atoms with Crippen LogP contribution in [0.1, 0.15) is 201 Å². The van der Waals surface area contributed by atoms with Crippen molar-refractivity contribution >= 4 is 0 Å². The Labute approximate surface area is 224 Å². The molecule has 0 aliphatic heterocycles. The maximum absolute atomic E-state index is 3.81. The Bertz CT molecular complexity index is 383. The molecular weight excluding hydrogens is 420 g/mol. The summed E-state index contributed by atoms with van der Waals surface area (Å²) < 4.78 is 0. The van der Waals surface area contributed by atoms with Gasteiger partial charge < -0.3 is 0 Å². The van der Waals surface area contributed by atoms with Gasteiger partial charge in [0.15, 0.2) is 0 Å². The molecule has 0 N–H and O–H groups in total. The second-order valence-corrected chi connectivity index (χ2v) is 12.2. The topological polar surface area (TPSA) is 0 Å². The van der Waals surface area contributed by atoms with Gasteiger partial charge in [-0.25, -0.2) is 0 Å². The van der Waals surface area contributed by atoms with E-state index in [1.807, 2.05) is 0 Å². The molecule has 0 heteroatoms. The molecule has 0 nitrogen and oxygen atoms in total. The summed E-state index contributed by atoms with van der Waals surface area (Å²) >= 11 is 0. The second-order valence-electron chi connectivity index (χ2n) is 12.2. The monoisotopic (exact) mass is 491 g/mol. The molecule has 0 saturated heterocycles. The van der Waals surface area contributed by atoms with Gasteiger partial charge in [-0.05, 0) is 24.7 Å². The first kappa shape index (κ1) is 34.7. The first-order valence-electron chi connectivity index (χ1n) is 16.8. The van der Waals surface area contributed by atoms with Crippen molar-refractivity contribution in [2.24, 2.45) is 11.8 Å². The summed E-state index contributed by atoms with van der Waals surface area (Å²) in [5, 5.41) is 0. The minimum absolute atomic E-state index is 0.946. The lowest BCUT2D eigenvalue weighted by Crippen LogP contribution is -1.99. The number of hydrogen-bond acceptors (Lipinski definition) is 0. The molecule has 0 aliphatic carbocycles. The van der Waals surface area contributed by atoms with E-state index in [1.165, 1.54) is 180 Å². The van der Waals surface area contributed by atoms with E-state index in [0.29, 0.717) is 0 Å². The van der Waals surface area contributed by atoms with Crippen molar-refractivity contribution in [1.29, 1.82) is 0 Å². The SMILES string of the molecule is C=CCCCCCCCCCC[C@H](C)CCC[C@@H](C)CCCCCCCCCCCCCCCC. The fraction of sp³-hybridized carbons (Fsp3) is 0.943. The lowest BCUT2D eigenvalue weighted by molar-refractivity contribution is 0.390. The van der Waals surface area contributed by atoms with Crippen molar-refractivity contribution in [2.45, 2.75) is 201 Å². The maximum atomic E-state index is 3.81. The van der Waals surface area contributed by atoms with Crippen LogP contribution in [0.3, 0.4) is 0 Å². The van der Waals surface area contributed by atoms with Crippen molar-refractivity contribution in [3.8, 4) is 0 Å². The molecule has 0 amide bonds. The largest absolute Gasteiger partial charge is 0.103 e. The minimum atomic E-state index is 0.946. The van der Waals surface area contributed by atoms with Crippen LogP contribution >= 0.6 is 0 Å². The molecule has 0 fully saturated rings. The summed E-state index contributed by atoms with van der Waals surface area (Å²) in [4.78, 5) is 0. The molecule has 0 radical (unpaired) electrons. The fourth-order valence-electron chi connectivity index (χ4n) is 5.63.